The fourth-order valence-electron chi connectivity index (χ4n) is 2.26. The lowest BCUT2D eigenvalue weighted by Crippen LogP contribution is -2.34. The van der Waals surface area contributed by atoms with Crippen molar-refractivity contribution in [2.75, 3.05) is 33.4 Å². The SMILES string of the molecule is CN(CCOc1ccccc1)C[C@@H](O)COCc1ccccc1F. The van der Waals surface area contributed by atoms with Crippen LogP contribution >= 0.6 is 0 Å². The van der Waals surface area contributed by atoms with Crippen LogP contribution < -0.4 is 4.74 Å². The minimum Gasteiger partial charge on any atom is -0.492 e. The summed E-state index contributed by atoms with van der Waals surface area (Å²) in [5, 5.41) is 9.98. The second-order valence-electron chi connectivity index (χ2n) is 5.68. The van der Waals surface area contributed by atoms with E-state index in [9.17, 15) is 9.50 Å². The minimum atomic E-state index is -0.626. The van der Waals surface area contributed by atoms with Crippen molar-refractivity contribution in [3.05, 3.63) is 66.0 Å². The van der Waals surface area contributed by atoms with E-state index in [1.165, 1.54) is 6.07 Å². The Labute approximate surface area is 142 Å². The van der Waals surface area contributed by atoms with Gasteiger partial charge in [-0.25, -0.2) is 4.39 Å². The summed E-state index contributed by atoms with van der Waals surface area (Å²) in [7, 11) is 1.91. The Morgan fingerprint density at radius 2 is 1.79 bits per heavy atom. The summed E-state index contributed by atoms with van der Waals surface area (Å²) in [5.41, 5.74) is 0.495. The Bertz CT molecular complexity index is 594. The van der Waals surface area contributed by atoms with Crippen molar-refractivity contribution in [1.29, 1.82) is 0 Å². The number of ether oxygens (including phenoxy) is 2. The third kappa shape index (κ3) is 6.66. The second kappa shape index (κ2) is 10.0. The molecule has 0 fully saturated rings. The molecular weight excluding hydrogens is 309 g/mol. The quantitative estimate of drug-likeness (QED) is 0.726. The van der Waals surface area contributed by atoms with E-state index in [-0.39, 0.29) is 19.0 Å². The van der Waals surface area contributed by atoms with Crippen LogP contribution in [0.4, 0.5) is 4.39 Å². The van der Waals surface area contributed by atoms with Gasteiger partial charge in [0.15, 0.2) is 0 Å². The van der Waals surface area contributed by atoms with Crippen molar-refractivity contribution in [2.24, 2.45) is 0 Å². The molecule has 0 saturated heterocycles. The zero-order valence-electron chi connectivity index (χ0n) is 13.9. The van der Waals surface area contributed by atoms with E-state index >= 15 is 0 Å². The average molecular weight is 333 g/mol. The highest BCUT2D eigenvalue weighted by atomic mass is 19.1. The van der Waals surface area contributed by atoms with Crippen molar-refractivity contribution < 1.29 is 19.0 Å². The molecule has 1 atom stereocenters. The van der Waals surface area contributed by atoms with Gasteiger partial charge < -0.3 is 19.5 Å². The normalized spacial score (nSPS) is 12.3. The molecule has 0 bridgehead atoms. The lowest BCUT2D eigenvalue weighted by Gasteiger charge is -2.20. The van der Waals surface area contributed by atoms with Crippen LogP contribution in [-0.2, 0) is 11.3 Å². The third-order valence-corrected chi connectivity index (χ3v) is 3.53. The van der Waals surface area contributed by atoms with Crippen molar-refractivity contribution in [1.82, 2.24) is 4.90 Å². The molecule has 0 spiro atoms. The Hall–Kier alpha value is -1.95. The first-order chi connectivity index (χ1) is 11.6. The predicted octanol–water partition coefficient (Wildman–Crippen LogP) is 2.71. The molecule has 130 valence electrons. The summed E-state index contributed by atoms with van der Waals surface area (Å²) in [4.78, 5) is 1.97. The van der Waals surface area contributed by atoms with E-state index in [1.54, 1.807) is 18.2 Å². The highest BCUT2D eigenvalue weighted by Gasteiger charge is 2.09. The molecule has 0 radical (unpaired) electrons. The molecule has 2 aromatic rings. The van der Waals surface area contributed by atoms with Crippen LogP contribution in [0.1, 0.15) is 5.56 Å². The number of aliphatic hydroxyl groups is 1. The van der Waals surface area contributed by atoms with E-state index in [1.807, 2.05) is 42.3 Å². The number of para-hydroxylation sites is 1. The molecule has 0 aliphatic carbocycles. The first kappa shape index (κ1) is 18.4. The summed E-state index contributed by atoms with van der Waals surface area (Å²) in [5.74, 6) is 0.543. The Morgan fingerprint density at radius 3 is 2.54 bits per heavy atom. The summed E-state index contributed by atoms with van der Waals surface area (Å²) in [6.45, 7) is 2.03. The number of rotatable bonds is 10. The van der Waals surface area contributed by atoms with Gasteiger partial charge in [-0.15, -0.1) is 0 Å². The zero-order chi connectivity index (χ0) is 17.2. The van der Waals surface area contributed by atoms with Gasteiger partial charge in [-0.2, -0.15) is 0 Å². The Kier molecular flexibility index (Phi) is 7.68. The van der Waals surface area contributed by atoms with Crippen molar-refractivity contribution >= 4 is 0 Å². The average Bonchev–Trinajstić information content (AvgIpc) is 2.57. The van der Waals surface area contributed by atoms with Crippen LogP contribution in [0.2, 0.25) is 0 Å². The molecule has 2 rings (SSSR count). The first-order valence-electron chi connectivity index (χ1n) is 8.01. The highest BCUT2D eigenvalue weighted by molar-refractivity contribution is 5.20. The maximum atomic E-state index is 13.4. The van der Waals surface area contributed by atoms with Crippen LogP contribution in [-0.4, -0.2) is 49.5 Å². The zero-order valence-corrected chi connectivity index (χ0v) is 13.9. The van der Waals surface area contributed by atoms with E-state index in [0.29, 0.717) is 25.3 Å². The first-order valence-corrected chi connectivity index (χ1v) is 8.01. The molecule has 4 nitrogen and oxygen atoms in total. The lowest BCUT2D eigenvalue weighted by atomic mass is 10.2. The molecule has 2 aromatic carbocycles. The predicted molar refractivity (Wildman–Crippen MR) is 91.5 cm³/mol. The van der Waals surface area contributed by atoms with E-state index in [4.69, 9.17) is 9.47 Å². The molecule has 0 amide bonds. The van der Waals surface area contributed by atoms with Crippen LogP contribution in [0, 0.1) is 5.82 Å². The summed E-state index contributed by atoms with van der Waals surface area (Å²) >= 11 is 0. The molecule has 1 N–H and O–H groups in total. The number of likely N-dealkylation sites (N-methyl/N-ethyl adjacent to an activating group) is 1. The van der Waals surface area contributed by atoms with Gasteiger partial charge in [0.1, 0.15) is 18.2 Å². The molecule has 0 heterocycles. The number of nitrogens with zero attached hydrogens (tertiary/aromatic N) is 1. The summed E-state index contributed by atoms with van der Waals surface area (Å²) in [6.07, 6.45) is -0.626. The maximum Gasteiger partial charge on any atom is 0.128 e. The molecule has 0 aliphatic rings. The van der Waals surface area contributed by atoms with Gasteiger partial charge in [0, 0.05) is 18.7 Å². The monoisotopic (exact) mass is 333 g/mol. The number of hydrogen-bond donors (Lipinski definition) is 1. The van der Waals surface area contributed by atoms with Gasteiger partial charge in [-0.3, -0.25) is 0 Å². The van der Waals surface area contributed by atoms with Crippen LogP contribution in [0.15, 0.2) is 54.6 Å². The number of aliphatic hydroxyl groups excluding tert-OH is 1. The van der Waals surface area contributed by atoms with Gasteiger partial charge in [0.2, 0.25) is 0 Å². The van der Waals surface area contributed by atoms with Crippen LogP contribution in [0.25, 0.3) is 0 Å². The fourth-order valence-corrected chi connectivity index (χ4v) is 2.26. The number of halogens is 1. The molecule has 0 aliphatic heterocycles. The topological polar surface area (TPSA) is 41.9 Å². The van der Waals surface area contributed by atoms with Crippen LogP contribution in [0.5, 0.6) is 5.75 Å². The Morgan fingerprint density at radius 1 is 1.08 bits per heavy atom. The van der Waals surface area contributed by atoms with Gasteiger partial charge in [-0.05, 0) is 25.2 Å². The van der Waals surface area contributed by atoms with Gasteiger partial charge in [-0.1, -0.05) is 36.4 Å². The molecule has 0 saturated carbocycles. The highest BCUT2D eigenvalue weighted by Crippen LogP contribution is 2.09. The summed E-state index contributed by atoms with van der Waals surface area (Å²) < 4.78 is 24.4. The third-order valence-electron chi connectivity index (χ3n) is 3.53. The molecule has 5 heteroatoms. The van der Waals surface area contributed by atoms with E-state index in [2.05, 4.69) is 0 Å². The standard InChI is InChI=1S/C19H24FNO3/c1-21(11-12-24-18-8-3-2-4-9-18)13-17(22)15-23-14-16-7-5-6-10-19(16)20/h2-10,17,22H,11-15H2,1H3/t17-/m1/s1. The van der Waals surface area contributed by atoms with Gasteiger partial charge >= 0.3 is 0 Å². The molecule has 24 heavy (non-hydrogen) atoms. The largest absolute Gasteiger partial charge is 0.492 e. The minimum absolute atomic E-state index is 0.157. The smallest absolute Gasteiger partial charge is 0.128 e. The Balaban J connectivity index is 1.59. The molecule has 0 aromatic heterocycles. The maximum absolute atomic E-state index is 13.4. The second-order valence-corrected chi connectivity index (χ2v) is 5.68. The lowest BCUT2D eigenvalue weighted by molar-refractivity contribution is 0.0116. The summed E-state index contributed by atoms with van der Waals surface area (Å²) in [6, 6.07) is 16.1. The number of benzene rings is 2. The van der Waals surface area contributed by atoms with Gasteiger partial charge in [0.25, 0.3) is 0 Å². The van der Waals surface area contributed by atoms with E-state index in [0.717, 1.165) is 5.75 Å². The van der Waals surface area contributed by atoms with E-state index < -0.39 is 6.10 Å². The van der Waals surface area contributed by atoms with Crippen molar-refractivity contribution in [3.8, 4) is 5.75 Å². The van der Waals surface area contributed by atoms with Gasteiger partial charge in [0.05, 0.1) is 19.3 Å². The van der Waals surface area contributed by atoms with Crippen molar-refractivity contribution in [2.45, 2.75) is 12.7 Å². The molecular formula is C19H24FNO3. The number of hydrogen-bond acceptors (Lipinski definition) is 4. The fraction of sp³-hybridized carbons (Fsp3) is 0.368. The van der Waals surface area contributed by atoms with Crippen molar-refractivity contribution in [3.63, 3.8) is 0 Å². The molecule has 0 unspecified atom stereocenters. The van der Waals surface area contributed by atoms with Crippen LogP contribution in [0.3, 0.4) is 0 Å².